The predicted molar refractivity (Wildman–Crippen MR) is 60.8 cm³/mol. The topological polar surface area (TPSA) is 66.4 Å². The van der Waals surface area contributed by atoms with Crippen LogP contribution in [0.3, 0.4) is 0 Å². The molecule has 1 aromatic carbocycles. The summed E-state index contributed by atoms with van der Waals surface area (Å²) in [5, 5.41) is 10.3. The van der Waals surface area contributed by atoms with Crippen LogP contribution in [-0.4, -0.2) is 23.2 Å². The molecule has 0 saturated heterocycles. The molecule has 0 spiro atoms. The molecule has 0 aliphatic heterocycles. The number of benzene rings is 1. The summed E-state index contributed by atoms with van der Waals surface area (Å²) >= 11 is 1.66. The van der Waals surface area contributed by atoms with Crippen LogP contribution in [0.1, 0.15) is 10.4 Å². The molecule has 1 rings (SSSR count). The van der Waals surface area contributed by atoms with E-state index < -0.39 is 18.1 Å². The number of hydrogen-bond acceptors (Lipinski definition) is 2. The third kappa shape index (κ3) is 3.58. The van der Waals surface area contributed by atoms with E-state index in [-0.39, 0.29) is 14.8 Å². The zero-order chi connectivity index (χ0) is 13.2. The molecule has 8 heteroatoms. The number of amides is 1. The Labute approximate surface area is 107 Å². The Balaban J connectivity index is 2.92. The fraction of sp³-hybridized carbons (Fsp3) is 0.111. The number of anilines is 1. The molecule has 0 unspecified atom stereocenters. The van der Waals surface area contributed by atoms with Crippen LogP contribution in [0.25, 0.3) is 0 Å². The number of rotatable bonds is 2. The van der Waals surface area contributed by atoms with E-state index >= 15 is 0 Å². The maximum atomic E-state index is 11.9. The molecule has 1 aromatic rings. The molecular formula is C9H5F3INO3. The molecule has 2 N–H and O–H groups in total. The highest BCUT2D eigenvalue weighted by Crippen LogP contribution is 2.21. The Morgan fingerprint density at radius 1 is 1.29 bits per heavy atom. The molecule has 1 amide bonds. The average Bonchev–Trinajstić information content (AvgIpc) is 2.15. The number of nitrogens with one attached hydrogen (secondary N) is 1. The molecule has 0 saturated carbocycles. The number of carbonyl (C=O) groups excluding carboxylic acids is 1. The van der Waals surface area contributed by atoms with Crippen molar-refractivity contribution in [2.24, 2.45) is 0 Å². The monoisotopic (exact) mass is 359 g/mol. The molecule has 0 aliphatic rings. The first-order valence-corrected chi connectivity index (χ1v) is 5.20. The smallest absolute Gasteiger partial charge is 0.471 e. The van der Waals surface area contributed by atoms with Gasteiger partial charge in [-0.15, -0.1) is 0 Å². The molecule has 0 atom stereocenters. The van der Waals surface area contributed by atoms with Crippen molar-refractivity contribution in [3.8, 4) is 0 Å². The summed E-state index contributed by atoms with van der Waals surface area (Å²) in [7, 11) is 0. The van der Waals surface area contributed by atoms with Gasteiger partial charge < -0.3 is 10.4 Å². The van der Waals surface area contributed by atoms with Crippen molar-refractivity contribution < 1.29 is 27.9 Å². The third-order valence-electron chi connectivity index (χ3n) is 1.71. The summed E-state index contributed by atoms with van der Waals surface area (Å²) in [5.74, 6) is -3.29. The molecule has 0 fully saturated rings. The van der Waals surface area contributed by atoms with Crippen molar-refractivity contribution in [2.45, 2.75) is 6.18 Å². The van der Waals surface area contributed by atoms with Gasteiger partial charge in [0.15, 0.2) is 0 Å². The van der Waals surface area contributed by atoms with Crippen molar-refractivity contribution in [1.82, 2.24) is 0 Å². The van der Waals surface area contributed by atoms with Crippen LogP contribution in [0.5, 0.6) is 0 Å². The lowest BCUT2D eigenvalue weighted by Crippen LogP contribution is -2.29. The number of carbonyl (C=O) groups is 2. The van der Waals surface area contributed by atoms with Crippen LogP contribution < -0.4 is 5.32 Å². The zero-order valence-corrected chi connectivity index (χ0v) is 10.2. The van der Waals surface area contributed by atoms with Crippen LogP contribution in [-0.2, 0) is 4.79 Å². The van der Waals surface area contributed by atoms with Gasteiger partial charge in [-0.05, 0) is 40.8 Å². The minimum atomic E-state index is -4.98. The summed E-state index contributed by atoms with van der Waals surface area (Å²) < 4.78 is 36.0. The largest absolute Gasteiger partial charge is 0.478 e. The van der Waals surface area contributed by atoms with E-state index in [2.05, 4.69) is 0 Å². The Morgan fingerprint density at radius 3 is 2.29 bits per heavy atom. The summed E-state index contributed by atoms with van der Waals surface area (Å²) in [6.07, 6.45) is -4.98. The van der Waals surface area contributed by atoms with E-state index in [1.165, 1.54) is 0 Å². The fourth-order valence-electron chi connectivity index (χ4n) is 0.968. The highest BCUT2D eigenvalue weighted by atomic mass is 127. The zero-order valence-electron chi connectivity index (χ0n) is 8.01. The quantitative estimate of drug-likeness (QED) is 0.798. The van der Waals surface area contributed by atoms with E-state index in [1.54, 1.807) is 27.9 Å². The highest BCUT2D eigenvalue weighted by molar-refractivity contribution is 14.1. The third-order valence-corrected chi connectivity index (χ3v) is 2.61. The second-order valence-electron chi connectivity index (χ2n) is 2.95. The molecule has 0 heterocycles. The second-order valence-corrected chi connectivity index (χ2v) is 4.11. The lowest BCUT2D eigenvalue weighted by Gasteiger charge is -2.08. The number of aromatic carboxylic acids is 1. The number of carboxylic acids is 1. The van der Waals surface area contributed by atoms with Crippen molar-refractivity contribution >= 4 is 40.2 Å². The van der Waals surface area contributed by atoms with Crippen LogP contribution in [0.15, 0.2) is 18.2 Å². The maximum absolute atomic E-state index is 11.9. The molecule has 0 aliphatic carbocycles. The maximum Gasteiger partial charge on any atom is 0.471 e. The highest BCUT2D eigenvalue weighted by Gasteiger charge is 2.38. The summed E-state index contributed by atoms with van der Waals surface area (Å²) in [6.45, 7) is 0. The van der Waals surface area contributed by atoms with Crippen LogP contribution >= 0.6 is 22.6 Å². The number of halogens is 4. The molecule has 17 heavy (non-hydrogen) atoms. The molecule has 0 radical (unpaired) electrons. The summed E-state index contributed by atoms with van der Waals surface area (Å²) in [4.78, 5) is 21.3. The first-order chi connectivity index (χ1) is 7.71. The normalized spacial score (nSPS) is 11.1. The van der Waals surface area contributed by atoms with Crippen molar-refractivity contribution in [3.05, 3.63) is 27.3 Å². The van der Waals surface area contributed by atoms with Crippen LogP contribution in [0.2, 0.25) is 0 Å². The van der Waals surface area contributed by atoms with Gasteiger partial charge in [0.1, 0.15) is 0 Å². The van der Waals surface area contributed by atoms with Gasteiger partial charge in [0.05, 0.1) is 5.56 Å². The van der Waals surface area contributed by atoms with Crippen LogP contribution in [0, 0.1) is 3.57 Å². The standard InChI is InChI=1S/C9H5F3INO3/c10-9(11,12)8(17)14-4-1-2-5(7(15)16)6(13)3-4/h1-3H,(H,14,17)(H,15,16). The van der Waals surface area contributed by atoms with Crippen LogP contribution in [0.4, 0.5) is 18.9 Å². The van der Waals surface area contributed by atoms with Gasteiger partial charge in [-0.3, -0.25) is 4.79 Å². The first kappa shape index (κ1) is 13.7. The summed E-state index contributed by atoms with van der Waals surface area (Å²) in [5.41, 5.74) is -0.155. The van der Waals surface area contributed by atoms with Gasteiger partial charge in [0.2, 0.25) is 0 Å². The number of hydrogen-bond donors (Lipinski definition) is 2. The average molecular weight is 359 g/mol. The minimum Gasteiger partial charge on any atom is -0.478 e. The Kier molecular flexibility index (Phi) is 3.96. The molecule has 0 bridgehead atoms. The van der Waals surface area contributed by atoms with Gasteiger partial charge in [-0.1, -0.05) is 0 Å². The van der Waals surface area contributed by atoms with Gasteiger partial charge in [-0.25, -0.2) is 4.79 Å². The molecule has 4 nitrogen and oxygen atoms in total. The van der Waals surface area contributed by atoms with Gasteiger partial charge in [0.25, 0.3) is 0 Å². The van der Waals surface area contributed by atoms with E-state index in [9.17, 15) is 22.8 Å². The van der Waals surface area contributed by atoms with Crippen molar-refractivity contribution in [3.63, 3.8) is 0 Å². The Bertz CT molecular complexity index is 473. The molecular weight excluding hydrogens is 354 g/mol. The Hall–Kier alpha value is -1.32. The number of alkyl halides is 3. The fourth-order valence-corrected chi connectivity index (χ4v) is 1.71. The van der Waals surface area contributed by atoms with E-state index in [1.807, 2.05) is 0 Å². The Morgan fingerprint density at radius 2 is 1.88 bits per heavy atom. The summed E-state index contributed by atoms with van der Waals surface area (Å²) in [6, 6.07) is 3.36. The first-order valence-electron chi connectivity index (χ1n) is 4.13. The van der Waals surface area contributed by atoms with Crippen molar-refractivity contribution in [1.29, 1.82) is 0 Å². The van der Waals surface area contributed by atoms with E-state index in [0.717, 1.165) is 18.2 Å². The van der Waals surface area contributed by atoms with E-state index in [0.29, 0.717) is 0 Å². The lowest BCUT2D eigenvalue weighted by atomic mass is 10.2. The van der Waals surface area contributed by atoms with Crippen molar-refractivity contribution in [2.75, 3.05) is 5.32 Å². The number of carboxylic acid groups (broad SMARTS) is 1. The second kappa shape index (κ2) is 4.90. The van der Waals surface area contributed by atoms with E-state index in [4.69, 9.17) is 5.11 Å². The SMILES string of the molecule is O=C(O)c1ccc(NC(=O)C(F)(F)F)cc1I. The lowest BCUT2D eigenvalue weighted by molar-refractivity contribution is -0.167. The van der Waals surface area contributed by atoms with Gasteiger partial charge in [0, 0.05) is 9.26 Å². The molecule has 0 aromatic heterocycles. The van der Waals surface area contributed by atoms with Gasteiger partial charge in [-0.2, -0.15) is 13.2 Å². The predicted octanol–water partition coefficient (Wildman–Crippen LogP) is 2.49. The molecule has 92 valence electrons. The minimum absolute atomic E-state index is 0.0457. The van der Waals surface area contributed by atoms with Gasteiger partial charge >= 0.3 is 18.1 Å².